The van der Waals surface area contributed by atoms with Crippen LogP contribution in [0.2, 0.25) is 0 Å². The summed E-state index contributed by atoms with van der Waals surface area (Å²) in [5, 5.41) is 13.5. The summed E-state index contributed by atoms with van der Waals surface area (Å²) < 4.78 is 83.8. The molecule has 0 saturated heterocycles. The summed E-state index contributed by atoms with van der Waals surface area (Å²) >= 11 is 0. The average Bonchev–Trinajstić information content (AvgIpc) is 2.99. The molecule has 11 nitrogen and oxygen atoms in total. The van der Waals surface area contributed by atoms with Gasteiger partial charge in [0.1, 0.15) is 16.7 Å². The van der Waals surface area contributed by atoms with Gasteiger partial charge in [0.05, 0.1) is 13.2 Å². The first-order chi connectivity index (χ1) is 21.4. The molecule has 45 heavy (non-hydrogen) atoms. The Kier molecular flexibility index (Phi) is 9.41. The van der Waals surface area contributed by atoms with E-state index < -0.39 is 33.1 Å². The van der Waals surface area contributed by atoms with Gasteiger partial charge in [0.2, 0.25) is 11.8 Å². The third-order valence-corrected chi connectivity index (χ3v) is 8.29. The van der Waals surface area contributed by atoms with Crippen molar-refractivity contribution in [1.29, 1.82) is 0 Å². The predicted octanol–water partition coefficient (Wildman–Crippen LogP) is 4.57. The van der Waals surface area contributed by atoms with Crippen LogP contribution >= 0.6 is 0 Å². The lowest BCUT2D eigenvalue weighted by atomic mass is 9.97. The van der Waals surface area contributed by atoms with Crippen LogP contribution in [0.3, 0.4) is 0 Å². The van der Waals surface area contributed by atoms with Crippen LogP contribution in [0.25, 0.3) is 11.1 Å². The van der Waals surface area contributed by atoms with Crippen molar-refractivity contribution in [2.24, 2.45) is 0 Å². The Labute approximate surface area is 257 Å². The van der Waals surface area contributed by atoms with Gasteiger partial charge in [0.25, 0.3) is 10.0 Å². The van der Waals surface area contributed by atoms with Gasteiger partial charge in [0.15, 0.2) is 5.75 Å². The maximum absolute atomic E-state index is 13.4. The molecule has 0 spiro atoms. The van der Waals surface area contributed by atoms with E-state index in [-0.39, 0.29) is 17.9 Å². The highest BCUT2D eigenvalue weighted by molar-refractivity contribution is 7.92. The number of benzene rings is 2. The summed E-state index contributed by atoms with van der Waals surface area (Å²) in [5.41, 5.74) is 2.78. The molecule has 0 saturated carbocycles. The number of methoxy groups -OCH3 is 1. The van der Waals surface area contributed by atoms with E-state index >= 15 is 0 Å². The quantitative estimate of drug-likeness (QED) is 0.212. The van der Waals surface area contributed by atoms with Gasteiger partial charge in [0, 0.05) is 42.8 Å². The first-order valence-corrected chi connectivity index (χ1v) is 15.3. The van der Waals surface area contributed by atoms with Gasteiger partial charge < -0.3 is 24.6 Å². The number of sulfonamides is 1. The summed E-state index contributed by atoms with van der Waals surface area (Å²) in [6.45, 7) is 2.40. The number of aryl methyl sites for hydroxylation is 2. The zero-order valence-corrected chi connectivity index (χ0v) is 25.0. The Morgan fingerprint density at radius 2 is 1.89 bits per heavy atom. The maximum Gasteiger partial charge on any atom is 0.573 e. The van der Waals surface area contributed by atoms with Crippen LogP contribution in [-0.4, -0.2) is 61.1 Å². The maximum atomic E-state index is 13.4. The molecular formula is C30H30F3N5O6S. The number of hydrogen-bond acceptors (Lipinski definition) is 10. The molecule has 3 N–H and O–H groups in total. The van der Waals surface area contributed by atoms with Crippen molar-refractivity contribution in [3.63, 3.8) is 0 Å². The van der Waals surface area contributed by atoms with Crippen molar-refractivity contribution < 1.29 is 40.9 Å². The fourth-order valence-electron chi connectivity index (χ4n) is 4.82. The fourth-order valence-corrected chi connectivity index (χ4v) is 5.87. The molecule has 2 atom stereocenters. The lowest BCUT2D eigenvalue weighted by molar-refractivity contribution is -0.275. The number of aliphatic hydroxyl groups excluding tert-OH is 1. The molecule has 5 rings (SSSR count). The highest BCUT2D eigenvalue weighted by Crippen LogP contribution is 2.37. The molecule has 2 aromatic heterocycles. The highest BCUT2D eigenvalue weighted by Gasteiger charge is 2.35. The monoisotopic (exact) mass is 645 g/mol. The lowest BCUT2D eigenvalue weighted by Gasteiger charge is -2.27. The number of fused-ring (bicyclic) bond motifs is 1. The number of anilines is 1. The topological polar surface area (TPSA) is 145 Å². The molecule has 0 fully saturated rings. The normalized spacial score (nSPS) is 15.5. The van der Waals surface area contributed by atoms with Crippen LogP contribution in [0.4, 0.5) is 19.1 Å². The molecule has 1 aliphatic rings. The molecule has 0 amide bonds. The second kappa shape index (κ2) is 13.3. The SMILES string of the molecule is COc1cc(C)nc(NS(=O)(=O)c2ccc(-c3ccc4c(c3)CC[C@H](CNC[C@@H](O)c3cccnc3)O4)cc2OC(F)(F)F)n1. The summed E-state index contributed by atoms with van der Waals surface area (Å²) in [4.78, 5) is 11.1. The molecule has 15 heteroatoms. The highest BCUT2D eigenvalue weighted by atomic mass is 32.2. The third-order valence-electron chi connectivity index (χ3n) is 6.93. The van der Waals surface area contributed by atoms with Crippen LogP contribution < -0.4 is 24.2 Å². The molecule has 0 aliphatic carbocycles. The van der Waals surface area contributed by atoms with Gasteiger partial charge in [-0.15, -0.1) is 13.2 Å². The average molecular weight is 646 g/mol. The van der Waals surface area contributed by atoms with E-state index in [1.807, 2.05) is 0 Å². The Bertz CT molecular complexity index is 1760. The van der Waals surface area contributed by atoms with Gasteiger partial charge in [-0.2, -0.15) is 4.98 Å². The predicted molar refractivity (Wildman–Crippen MR) is 157 cm³/mol. The van der Waals surface area contributed by atoms with Crippen LogP contribution in [0.1, 0.15) is 29.3 Å². The van der Waals surface area contributed by atoms with Crippen LogP contribution in [0.5, 0.6) is 17.4 Å². The molecule has 0 unspecified atom stereocenters. The van der Waals surface area contributed by atoms with Gasteiger partial charge in [-0.3, -0.25) is 4.98 Å². The molecule has 0 bridgehead atoms. The Balaban J connectivity index is 1.32. The van der Waals surface area contributed by atoms with E-state index in [0.29, 0.717) is 54.1 Å². The molecular weight excluding hydrogens is 615 g/mol. The minimum absolute atomic E-state index is 0.0703. The Morgan fingerprint density at radius 1 is 1.11 bits per heavy atom. The van der Waals surface area contributed by atoms with E-state index in [0.717, 1.165) is 17.7 Å². The minimum Gasteiger partial charge on any atom is -0.489 e. The lowest BCUT2D eigenvalue weighted by Crippen LogP contribution is -2.36. The molecule has 4 aromatic rings. The number of rotatable bonds is 11. The van der Waals surface area contributed by atoms with Crippen molar-refractivity contribution in [2.75, 3.05) is 24.9 Å². The van der Waals surface area contributed by atoms with Crippen LogP contribution in [-0.2, 0) is 16.4 Å². The molecule has 1 aliphatic heterocycles. The number of aromatic nitrogens is 3. The van der Waals surface area contributed by atoms with Crippen molar-refractivity contribution in [3.8, 4) is 28.5 Å². The zero-order valence-electron chi connectivity index (χ0n) is 24.2. The number of hydrogen-bond donors (Lipinski definition) is 3. The van der Waals surface area contributed by atoms with Crippen molar-refractivity contribution >= 4 is 16.0 Å². The number of nitrogens with one attached hydrogen (secondary N) is 2. The summed E-state index contributed by atoms with van der Waals surface area (Å²) in [6.07, 6.45) is -1.46. The van der Waals surface area contributed by atoms with E-state index in [1.165, 1.54) is 19.2 Å². The Morgan fingerprint density at radius 3 is 2.62 bits per heavy atom. The number of aliphatic hydroxyl groups is 1. The van der Waals surface area contributed by atoms with Crippen molar-refractivity contribution in [3.05, 3.63) is 83.8 Å². The summed E-state index contributed by atoms with van der Waals surface area (Å²) in [5.74, 6) is -0.586. The Hall–Kier alpha value is -4.47. The molecule has 3 heterocycles. The van der Waals surface area contributed by atoms with Crippen molar-refractivity contribution in [2.45, 2.75) is 43.2 Å². The first-order valence-electron chi connectivity index (χ1n) is 13.8. The number of alkyl halides is 3. The fraction of sp³-hybridized carbons (Fsp3) is 0.300. The second-order valence-electron chi connectivity index (χ2n) is 10.3. The third kappa shape index (κ3) is 8.17. The van der Waals surface area contributed by atoms with E-state index in [2.05, 4.69) is 29.7 Å². The summed E-state index contributed by atoms with van der Waals surface area (Å²) in [7, 11) is -3.28. The standard InChI is InChI=1S/C30H30F3N5O6S/c1-18-12-28(42-2)37-29(36-18)38-45(40,41)27-10-7-20(14-26(27)44-30(31,32)33)19-6-9-25-21(13-19)5-8-23(43-25)16-35-17-24(39)22-4-3-11-34-15-22/h3-4,6-7,9-15,23-24,35,39H,5,8,16-17H2,1-2H3,(H,36,37,38)/t23-,24-/m1/s1. The number of ether oxygens (including phenoxy) is 3. The first kappa shape index (κ1) is 31.9. The van der Waals surface area contributed by atoms with Gasteiger partial charge in [-0.1, -0.05) is 18.2 Å². The molecule has 2 aromatic carbocycles. The van der Waals surface area contributed by atoms with E-state index in [9.17, 15) is 26.7 Å². The van der Waals surface area contributed by atoms with Crippen LogP contribution in [0.15, 0.2) is 71.9 Å². The van der Waals surface area contributed by atoms with Crippen LogP contribution in [0, 0.1) is 6.92 Å². The van der Waals surface area contributed by atoms with Crippen molar-refractivity contribution in [1.82, 2.24) is 20.3 Å². The molecule has 0 radical (unpaired) electrons. The van der Waals surface area contributed by atoms with E-state index in [4.69, 9.17) is 9.47 Å². The summed E-state index contributed by atoms with van der Waals surface area (Å²) in [6, 6.07) is 13.6. The largest absolute Gasteiger partial charge is 0.573 e. The van der Waals surface area contributed by atoms with Gasteiger partial charge in [-0.25, -0.2) is 18.1 Å². The number of pyridine rings is 1. The number of halogens is 3. The minimum atomic E-state index is -5.16. The second-order valence-corrected chi connectivity index (χ2v) is 11.9. The zero-order chi connectivity index (χ0) is 32.2. The van der Waals surface area contributed by atoms with Gasteiger partial charge in [-0.05, 0) is 66.8 Å². The smallest absolute Gasteiger partial charge is 0.489 e. The van der Waals surface area contributed by atoms with Gasteiger partial charge >= 0.3 is 6.36 Å². The molecule has 238 valence electrons. The number of nitrogens with zero attached hydrogens (tertiary/aromatic N) is 3. The van der Waals surface area contributed by atoms with E-state index in [1.54, 1.807) is 49.6 Å².